The molecule has 1 aliphatic carbocycles. The van der Waals surface area contributed by atoms with Crippen molar-refractivity contribution < 1.29 is 0 Å². The van der Waals surface area contributed by atoms with Crippen LogP contribution in [-0.4, -0.2) is 26.0 Å². The lowest BCUT2D eigenvalue weighted by molar-refractivity contribution is 0.178. The van der Waals surface area contributed by atoms with Gasteiger partial charge in [-0.2, -0.15) is 0 Å². The van der Waals surface area contributed by atoms with Crippen molar-refractivity contribution in [3.63, 3.8) is 0 Å². The summed E-state index contributed by atoms with van der Waals surface area (Å²) in [5, 5.41) is 3.57. The van der Waals surface area contributed by atoms with E-state index in [1.54, 1.807) is 12.7 Å². The summed E-state index contributed by atoms with van der Waals surface area (Å²) in [6.45, 7) is 7.04. The molecule has 2 unspecified atom stereocenters. The lowest BCUT2D eigenvalue weighted by Crippen LogP contribution is -2.35. The molecule has 1 fully saturated rings. The zero-order chi connectivity index (χ0) is 13.5. The Morgan fingerprint density at radius 3 is 2.89 bits per heavy atom. The van der Waals surface area contributed by atoms with Gasteiger partial charge < -0.3 is 10.3 Å². The standard InChI is InChI=1S/C14H21N5/c1-9-4-10(6-14(2,3)5-9)19-13-11-12(16-7-15-11)17-8-18-13/h7-10H,4-6H2,1-3H3,(H2,15,16,17,18,19). The van der Waals surface area contributed by atoms with E-state index in [9.17, 15) is 0 Å². The number of nitrogens with one attached hydrogen (secondary N) is 2. The normalized spacial score (nSPS) is 26.5. The van der Waals surface area contributed by atoms with Crippen LogP contribution < -0.4 is 5.32 Å². The molecule has 2 aromatic heterocycles. The van der Waals surface area contributed by atoms with Crippen LogP contribution in [0, 0.1) is 11.3 Å². The Hall–Kier alpha value is -1.65. The lowest BCUT2D eigenvalue weighted by Gasteiger charge is -2.39. The number of H-pyrrole nitrogens is 1. The Labute approximate surface area is 113 Å². The molecule has 0 aliphatic heterocycles. The summed E-state index contributed by atoms with van der Waals surface area (Å²) in [5.74, 6) is 1.62. The van der Waals surface area contributed by atoms with E-state index in [1.165, 1.54) is 19.3 Å². The van der Waals surface area contributed by atoms with Crippen molar-refractivity contribution in [1.29, 1.82) is 0 Å². The van der Waals surface area contributed by atoms with E-state index in [4.69, 9.17) is 0 Å². The van der Waals surface area contributed by atoms with Gasteiger partial charge in [-0.25, -0.2) is 15.0 Å². The van der Waals surface area contributed by atoms with Gasteiger partial charge in [-0.3, -0.25) is 0 Å². The van der Waals surface area contributed by atoms with Crippen LogP contribution in [0.4, 0.5) is 5.82 Å². The second-order valence-corrected chi connectivity index (χ2v) is 6.58. The molecule has 0 aromatic carbocycles. The highest BCUT2D eigenvalue weighted by Crippen LogP contribution is 2.39. The quantitative estimate of drug-likeness (QED) is 0.870. The minimum atomic E-state index is 0.398. The third-order valence-corrected chi connectivity index (χ3v) is 3.95. The van der Waals surface area contributed by atoms with Gasteiger partial charge >= 0.3 is 0 Å². The molecule has 5 heteroatoms. The van der Waals surface area contributed by atoms with Gasteiger partial charge in [-0.05, 0) is 30.6 Å². The summed E-state index contributed by atoms with van der Waals surface area (Å²) in [4.78, 5) is 15.8. The van der Waals surface area contributed by atoms with E-state index in [2.05, 4.69) is 46.0 Å². The highest BCUT2D eigenvalue weighted by atomic mass is 15.1. The van der Waals surface area contributed by atoms with Crippen LogP contribution in [0.15, 0.2) is 12.7 Å². The highest BCUT2D eigenvalue weighted by Gasteiger charge is 2.32. The maximum Gasteiger partial charge on any atom is 0.182 e. The van der Waals surface area contributed by atoms with Gasteiger partial charge in [-0.1, -0.05) is 20.8 Å². The van der Waals surface area contributed by atoms with Gasteiger partial charge in [-0.15, -0.1) is 0 Å². The van der Waals surface area contributed by atoms with Crippen LogP contribution in [0.1, 0.15) is 40.0 Å². The van der Waals surface area contributed by atoms with Gasteiger partial charge in [0.15, 0.2) is 11.5 Å². The fourth-order valence-corrected chi connectivity index (χ4v) is 3.52. The molecule has 2 heterocycles. The molecular weight excluding hydrogens is 238 g/mol. The molecule has 1 saturated carbocycles. The molecule has 19 heavy (non-hydrogen) atoms. The zero-order valence-corrected chi connectivity index (χ0v) is 11.8. The van der Waals surface area contributed by atoms with E-state index in [1.807, 2.05) is 0 Å². The Bertz CT molecular complexity index is 574. The maximum absolute atomic E-state index is 4.35. The molecular formula is C14H21N5. The minimum absolute atomic E-state index is 0.398. The third-order valence-electron chi connectivity index (χ3n) is 3.95. The van der Waals surface area contributed by atoms with Gasteiger partial charge in [0.1, 0.15) is 11.8 Å². The van der Waals surface area contributed by atoms with Crippen molar-refractivity contribution in [2.24, 2.45) is 11.3 Å². The van der Waals surface area contributed by atoms with Gasteiger partial charge in [0.2, 0.25) is 0 Å². The number of anilines is 1. The summed E-state index contributed by atoms with van der Waals surface area (Å²) in [7, 11) is 0. The van der Waals surface area contributed by atoms with Crippen molar-refractivity contribution in [2.45, 2.75) is 46.1 Å². The van der Waals surface area contributed by atoms with Gasteiger partial charge in [0.25, 0.3) is 0 Å². The fourth-order valence-electron chi connectivity index (χ4n) is 3.52. The van der Waals surface area contributed by atoms with Crippen LogP contribution in [0.3, 0.4) is 0 Å². The molecule has 0 radical (unpaired) electrons. The smallest absolute Gasteiger partial charge is 0.182 e. The molecule has 0 amide bonds. The van der Waals surface area contributed by atoms with Crippen molar-refractivity contribution >= 4 is 17.0 Å². The number of hydrogen-bond donors (Lipinski definition) is 2. The number of aromatic amines is 1. The van der Waals surface area contributed by atoms with E-state index in [-0.39, 0.29) is 0 Å². The SMILES string of the molecule is CC1CC(Nc2ncnc3nc[nH]c23)CC(C)(C)C1. The number of nitrogens with zero attached hydrogens (tertiary/aromatic N) is 3. The van der Waals surface area contributed by atoms with Crippen molar-refractivity contribution in [2.75, 3.05) is 5.32 Å². The Kier molecular flexibility index (Phi) is 2.92. The van der Waals surface area contributed by atoms with Crippen molar-refractivity contribution in [1.82, 2.24) is 19.9 Å². The summed E-state index contributed by atoms with van der Waals surface area (Å²) in [5.41, 5.74) is 2.02. The molecule has 0 bridgehead atoms. The monoisotopic (exact) mass is 259 g/mol. The number of aromatic nitrogens is 4. The lowest BCUT2D eigenvalue weighted by atomic mass is 9.70. The summed E-state index contributed by atoms with van der Waals surface area (Å²) >= 11 is 0. The molecule has 102 valence electrons. The Balaban J connectivity index is 1.83. The fraction of sp³-hybridized carbons (Fsp3) is 0.643. The first-order valence-corrected chi connectivity index (χ1v) is 6.94. The van der Waals surface area contributed by atoms with E-state index < -0.39 is 0 Å². The molecule has 2 aromatic rings. The predicted molar refractivity (Wildman–Crippen MR) is 75.9 cm³/mol. The van der Waals surface area contributed by atoms with Crippen molar-refractivity contribution in [3.05, 3.63) is 12.7 Å². The van der Waals surface area contributed by atoms with E-state index in [0.717, 1.165) is 22.9 Å². The largest absolute Gasteiger partial charge is 0.365 e. The molecule has 0 saturated heterocycles. The molecule has 2 N–H and O–H groups in total. The summed E-state index contributed by atoms with van der Waals surface area (Å²) in [6, 6.07) is 0.472. The van der Waals surface area contributed by atoms with Crippen LogP contribution in [0.5, 0.6) is 0 Å². The first kappa shape index (κ1) is 12.4. The zero-order valence-electron chi connectivity index (χ0n) is 11.8. The average molecular weight is 259 g/mol. The molecule has 0 spiro atoms. The molecule has 5 nitrogen and oxygen atoms in total. The predicted octanol–water partition coefficient (Wildman–Crippen LogP) is 2.98. The second kappa shape index (κ2) is 4.47. The Morgan fingerprint density at radius 2 is 2.11 bits per heavy atom. The number of hydrogen-bond acceptors (Lipinski definition) is 4. The molecule has 2 atom stereocenters. The number of rotatable bonds is 2. The first-order valence-electron chi connectivity index (χ1n) is 6.94. The average Bonchev–Trinajstić information content (AvgIpc) is 2.75. The third kappa shape index (κ3) is 2.55. The van der Waals surface area contributed by atoms with Crippen molar-refractivity contribution in [3.8, 4) is 0 Å². The summed E-state index contributed by atoms with van der Waals surface area (Å²) < 4.78 is 0. The molecule has 1 aliphatic rings. The second-order valence-electron chi connectivity index (χ2n) is 6.58. The number of fused-ring (bicyclic) bond motifs is 1. The van der Waals surface area contributed by atoms with Gasteiger partial charge in [0, 0.05) is 6.04 Å². The first-order chi connectivity index (χ1) is 9.03. The minimum Gasteiger partial charge on any atom is -0.365 e. The van der Waals surface area contributed by atoms with Crippen LogP contribution >= 0.6 is 0 Å². The summed E-state index contributed by atoms with van der Waals surface area (Å²) in [6.07, 6.45) is 6.91. The van der Waals surface area contributed by atoms with E-state index in [0.29, 0.717) is 11.5 Å². The molecule has 3 rings (SSSR count). The van der Waals surface area contributed by atoms with Gasteiger partial charge in [0.05, 0.1) is 6.33 Å². The maximum atomic E-state index is 4.35. The Morgan fingerprint density at radius 1 is 1.26 bits per heavy atom. The number of imidazole rings is 1. The van der Waals surface area contributed by atoms with Crippen LogP contribution in [-0.2, 0) is 0 Å². The highest BCUT2D eigenvalue weighted by molar-refractivity contribution is 5.82. The van der Waals surface area contributed by atoms with Crippen LogP contribution in [0.2, 0.25) is 0 Å². The topological polar surface area (TPSA) is 66.5 Å². The van der Waals surface area contributed by atoms with Crippen LogP contribution in [0.25, 0.3) is 11.2 Å². The van der Waals surface area contributed by atoms with E-state index >= 15 is 0 Å².